The van der Waals surface area contributed by atoms with E-state index in [2.05, 4.69) is 15.6 Å². The number of hydrogen-bond acceptors (Lipinski definition) is 3. The minimum atomic E-state index is -0.0538. The van der Waals surface area contributed by atoms with Gasteiger partial charge in [-0.2, -0.15) is 0 Å². The van der Waals surface area contributed by atoms with Crippen LogP contribution in [0.3, 0.4) is 0 Å². The summed E-state index contributed by atoms with van der Waals surface area (Å²) in [6.07, 6.45) is 2.50. The maximum absolute atomic E-state index is 12.3. The van der Waals surface area contributed by atoms with Gasteiger partial charge in [0, 0.05) is 37.1 Å². The third-order valence-electron chi connectivity index (χ3n) is 3.18. The topological polar surface area (TPSA) is 54.0 Å². The summed E-state index contributed by atoms with van der Waals surface area (Å²) in [5.41, 5.74) is 3.68. The van der Waals surface area contributed by atoms with Crippen LogP contribution in [0.25, 0.3) is 0 Å². The number of carbonyl (C=O) groups is 1. The molecule has 0 saturated heterocycles. The van der Waals surface area contributed by atoms with Crippen LogP contribution in [-0.2, 0) is 6.42 Å². The van der Waals surface area contributed by atoms with E-state index in [1.807, 2.05) is 50.2 Å². The fraction of sp³-hybridized carbons (Fsp3) is 0.294. The van der Waals surface area contributed by atoms with Crippen molar-refractivity contribution in [2.24, 2.45) is 0 Å². The number of hydrogen-bond donors (Lipinski definition) is 2. The van der Waals surface area contributed by atoms with Gasteiger partial charge in [-0.05, 0) is 43.7 Å². The molecule has 21 heavy (non-hydrogen) atoms. The van der Waals surface area contributed by atoms with E-state index in [9.17, 15) is 4.79 Å². The van der Waals surface area contributed by atoms with Crippen LogP contribution >= 0.6 is 0 Å². The lowest BCUT2D eigenvalue weighted by molar-refractivity contribution is 0.0955. The first-order chi connectivity index (χ1) is 10.2. The zero-order valence-electron chi connectivity index (χ0n) is 12.5. The smallest absolute Gasteiger partial charge is 0.253 e. The van der Waals surface area contributed by atoms with Crippen molar-refractivity contribution >= 4 is 11.6 Å². The van der Waals surface area contributed by atoms with Crippen molar-refractivity contribution in [1.82, 2.24) is 10.3 Å². The van der Waals surface area contributed by atoms with Crippen molar-refractivity contribution in [3.63, 3.8) is 0 Å². The zero-order valence-corrected chi connectivity index (χ0v) is 12.5. The summed E-state index contributed by atoms with van der Waals surface area (Å²) in [6.45, 7) is 5.40. The fourth-order valence-corrected chi connectivity index (χ4v) is 2.14. The summed E-state index contributed by atoms with van der Waals surface area (Å²) < 4.78 is 0. The highest BCUT2D eigenvalue weighted by Crippen LogP contribution is 2.17. The van der Waals surface area contributed by atoms with E-state index in [1.54, 1.807) is 6.20 Å². The lowest BCUT2D eigenvalue weighted by Gasteiger charge is -2.12. The molecule has 1 aromatic carbocycles. The number of nitrogens with zero attached hydrogens (tertiary/aromatic N) is 1. The molecule has 2 aromatic rings. The summed E-state index contributed by atoms with van der Waals surface area (Å²) in [5, 5.41) is 6.18. The van der Waals surface area contributed by atoms with E-state index >= 15 is 0 Å². The number of carbonyl (C=O) groups excluding carboxylic acids is 1. The van der Waals surface area contributed by atoms with Gasteiger partial charge in [-0.1, -0.05) is 12.1 Å². The Bertz CT molecular complexity index is 596. The molecule has 0 bridgehead atoms. The highest BCUT2D eigenvalue weighted by Gasteiger charge is 2.10. The van der Waals surface area contributed by atoms with Gasteiger partial charge in [0.05, 0.1) is 5.56 Å². The fourth-order valence-electron chi connectivity index (χ4n) is 2.14. The Kier molecular flexibility index (Phi) is 5.32. The summed E-state index contributed by atoms with van der Waals surface area (Å²) in [6, 6.07) is 11.6. The number of anilines is 1. The normalized spacial score (nSPS) is 10.2. The molecule has 0 saturated carbocycles. The molecular weight excluding hydrogens is 262 g/mol. The molecule has 0 atom stereocenters. The highest BCUT2D eigenvalue weighted by molar-refractivity contribution is 5.99. The number of aryl methyl sites for hydroxylation is 1. The predicted molar refractivity (Wildman–Crippen MR) is 85.6 cm³/mol. The van der Waals surface area contributed by atoms with Crippen LogP contribution in [0.2, 0.25) is 0 Å². The molecule has 0 aliphatic heterocycles. The van der Waals surface area contributed by atoms with Crippen LogP contribution < -0.4 is 10.6 Å². The Morgan fingerprint density at radius 2 is 2.10 bits per heavy atom. The molecule has 0 spiro atoms. The molecule has 4 heteroatoms. The van der Waals surface area contributed by atoms with Gasteiger partial charge in [0.1, 0.15) is 0 Å². The predicted octanol–water partition coefficient (Wildman–Crippen LogP) is 2.79. The number of aromatic nitrogens is 1. The molecule has 1 amide bonds. The number of rotatable bonds is 6. The molecule has 0 aliphatic rings. The lowest BCUT2D eigenvalue weighted by Crippen LogP contribution is -2.26. The van der Waals surface area contributed by atoms with Crippen molar-refractivity contribution in [1.29, 1.82) is 0 Å². The minimum Gasteiger partial charge on any atom is -0.385 e. The maximum Gasteiger partial charge on any atom is 0.253 e. The molecule has 0 radical (unpaired) electrons. The van der Waals surface area contributed by atoms with Crippen LogP contribution in [0.4, 0.5) is 5.69 Å². The summed E-state index contributed by atoms with van der Waals surface area (Å²) in [4.78, 5) is 16.5. The van der Waals surface area contributed by atoms with Gasteiger partial charge >= 0.3 is 0 Å². The molecular formula is C17H21N3O. The number of benzene rings is 1. The van der Waals surface area contributed by atoms with Gasteiger partial charge < -0.3 is 10.6 Å². The van der Waals surface area contributed by atoms with Crippen LogP contribution in [0.15, 0.2) is 42.6 Å². The average molecular weight is 283 g/mol. The average Bonchev–Trinajstić information content (AvgIpc) is 2.49. The number of nitrogens with one attached hydrogen (secondary N) is 2. The van der Waals surface area contributed by atoms with Crippen LogP contribution in [0, 0.1) is 6.92 Å². The van der Waals surface area contributed by atoms with Crippen LogP contribution in [0.1, 0.15) is 28.5 Å². The molecule has 1 heterocycles. The third kappa shape index (κ3) is 4.31. The SMILES string of the molecule is CCNc1cc(C)ccc1C(=O)NCCc1ccccn1. The second-order valence-corrected chi connectivity index (χ2v) is 4.91. The van der Waals surface area contributed by atoms with Gasteiger partial charge in [-0.15, -0.1) is 0 Å². The Morgan fingerprint density at radius 3 is 2.81 bits per heavy atom. The largest absolute Gasteiger partial charge is 0.385 e. The molecule has 4 nitrogen and oxygen atoms in total. The van der Waals surface area contributed by atoms with E-state index in [0.29, 0.717) is 12.1 Å². The van der Waals surface area contributed by atoms with Gasteiger partial charge in [-0.3, -0.25) is 9.78 Å². The van der Waals surface area contributed by atoms with Crippen molar-refractivity contribution in [2.45, 2.75) is 20.3 Å². The molecule has 1 aromatic heterocycles. The maximum atomic E-state index is 12.3. The summed E-state index contributed by atoms with van der Waals surface area (Å²) >= 11 is 0. The van der Waals surface area contributed by atoms with E-state index in [1.165, 1.54) is 0 Å². The molecule has 2 N–H and O–H groups in total. The molecule has 110 valence electrons. The monoisotopic (exact) mass is 283 g/mol. The molecule has 0 fully saturated rings. The van der Waals surface area contributed by atoms with Crippen molar-refractivity contribution < 1.29 is 4.79 Å². The standard InChI is InChI=1S/C17H21N3O/c1-3-18-16-12-13(2)7-8-15(16)17(21)20-11-9-14-6-4-5-10-19-14/h4-8,10,12,18H,3,9,11H2,1-2H3,(H,20,21). The van der Waals surface area contributed by atoms with Gasteiger partial charge in [0.25, 0.3) is 5.91 Å². The van der Waals surface area contributed by atoms with Crippen molar-refractivity contribution in [3.8, 4) is 0 Å². The van der Waals surface area contributed by atoms with E-state index < -0.39 is 0 Å². The highest BCUT2D eigenvalue weighted by atomic mass is 16.1. The van der Waals surface area contributed by atoms with E-state index in [0.717, 1.165) is 29.9 Å². The Labute approximate surface area is 125 Å². The Hall–Kier alpha value is -2.36. The zero-order chi connectivity index (χ0) is 15.1. The number of amides is 1. The van der Waals surface area contributed by atoms with Crippen LogP contribution in [-0.4, -0.2) is 24.0 Å². The molecule has 0 aliphatic carbocycles. The van der Waals surface area contributed by atoms with Crippen molar-refractivity contribution in [2.75, 3.05) is 18.4 Å². The van der Waals surface area contributed by atoms with Crippen molar-refractivity contribution in [3.05, 3.63) is 59.4 Å². The van der Waals surface area contributed by atoms with Gasteiger partial charge in [0.15, 0.2) is 0 Å². The third-order valence-corrected chi connectivity index (χ3v) is 3.18. The lowest BCUT2D eigenvalue weighted by atomic mass is 10.1. The first kappa shape index (κ1) is 15.0. The molecule has 0 unspecified atom stereocenters. The first-order valence-corrected chi connectivity index (χ1v) is 7.23. The van der Waals surface area contributed by atoms with E-state index in [-0.39, 0.29) is 5.91 Å². The van der Waals surface area contributed by atoms with Gasteiger partial charge in [0.2, 0.25) is 0 Å². The second kappa shape index (κ2) is 7.43. The summed E-state index contributed by atoms with van der Waals surface area (Å²) in [7, 11) is 0. The van der Waals surface area contributed by atoms with Crippen LogP contribution in [0.5, 0.6) is 0 Å². The first-order valence-electron chi connectivity index (χ1n) is 7.23. The molecule has 2 rings (SSSR count). The Morgan fingerprint density at radius 1 is 1.24 bits per heavy atom. The second-order valence-electron chi connectivity index (χ2n) is 4.91. The van der Waals surface area contributed by atoms with Gasteiger partial charge in [-0.25, -0.2) is 0 Å². The minimum absolute atomic E-state index is 0.0538. The summed E-state index contributed by atoms with van der Waals surface area (Å²) in [5.74, 6) is -0.0538. The Balaban J connectivity index is 1.97. The quantitative estimate of drug-likeness (QED) is 0.857. The van der Waals surface area contributed by atoms with E-state index in [4.69, 9.17) is 0 Å². The number of pyridine rings is 1.